The first-order valence-electron chi connectivity index (χ1n) is 4.92. The van der Waals surface area contributed by atoms with Gasteiger partial charge in [-0.15, -0.1) is 0 Å². The number of hydrogen-bond acceptors (Lipinski definition) is 0. The Morgan fingerprint density at radius 2 is 2.00 bits per heavy atom. The summed E-state index contributed by atoms with van der Waals surface area (Å²) in [5, 5.41) is 0. The Bertz CT molecular complexity index is 264. The summed E-state index contributed by atoms with van der Waals surface area (Å²) in [5.41, 5.74) is 4.03. The zero-order valence-electron chi connectivity index (χ0n) is 8.47. The van der Waals surface area contributed by atoms with Gasteiger partial charge in [0.1, 0.15) is 0 Å². The molecule has 0 aromatic carbocycles. The van der Waals surface area contributed by atoms with Gasteiger partial charge in [0.2, 0.25) is 0 Å². The molecule has 1 aliphatic carbocycles. The van der Waals surface area contributed by atoms with Crippen LogP contribution < -0.4 is 0 Å². The van der Waals surface area contributed by atoms with Gasteiger partial charge in [-0.05, 0) is 38.2 Å². The molecule has 0 heterocycles. The van der Waals surface area contributed by atoms with E-state index in [-0.39, 0.29) is 0 Å². The van der Waals surface area contributed by atoms with Crippen molar-refractivity contribution in [2.24, 2.45) is 0 Å². The first-order chi connectivity index (χ1) is 6.24. The van der Waals surface area contributed by atoms with Gasteiger partial charge < -0.3 is 0 Å². The van der Waals surface area contributed by atoms with Crippen LogP contribution in [0.1, 0.15) is 32.6 Å². The monoisotopic (exact) mass is 174 g/mol. The van der Waals surface area contributed by atoms with E-state index < -0.39 is 0 Å². The van der Waals surface area contributed by atoms with Crippen LogP contribution in [0.2, 0.25) is 0 Å². The third-order valence-electron chi connectivity index (χ3n) is 2.41. The molecule has 0 nitrogen and oxygen atoms in total. The fourth-order valence-corrected chi connectivity index (χ4v) is 1.67. The molecule has 0 atom stereocenters. The largest absolute Gasteiger partial charge is 0.0991 e. The molecule has 0 unspecified atom stereocenters. The Balaban J connectivity index is 2.73. The van der Waals surface area contributed by atoms with E-state index in [9.17, 15) is 0 Å². The molecular weight excluding hydrogens is 156 g/mol. The maximum Gasteiger partial charge on any atom is -0.0276 e. The molecule has 0 heteroatoms. The van der Waals surface area contributed by atoms with Crippen molar-refractivity contribution in [3.8, 4) is 0 Å². The minimum Gasteiger partial charge on any atom is -0.0991 e. The molecule has 1 saturated carbocycles. The quantitative estimate of drug-likeness (QED) is 0.551. The fraction of sp³-hybridized carbons (Fsp3) is 0.385. The van der Waals surface area contributed by atoms with Crippen LogP contribution in [-0.4, -0.2) is 0 Å². The van der Waals surface area contributed by atoms with Gasteiger partial charge in [-0.3, -0.25) is 0 Å². The van der Waals surface area contributed by atoms with E-state index in [1.165, 1.54) is 42.4 Å². The Morgan fingerprint density at radius 1 is 1.31 bits per heavy atom. The summed E-state index contributed by atoms with van der Waals surface area (Å²) in [7, 11) is 0. The average molecular weight is 174 g/mol. The summed E-state index contributed by atoms with van der Waals surface area (Å²) in [4.78, 5) is 0. The second-order valence-electron chi connectivity index (χ2n) is 3.63. The smallest absolute Gasteiger partial charge is 0.0276 e. The molecule has 0 bridgehead atoms. The number of rotatable bonds is 2. The molecule has 0 amide bonds. The van der Waals surface area contributed by atoms with Crippen LogP contribution in [0.5, 0.6) is 0 Å². The van der Waals surface area contributed by atoms with Crippen molar-refractivity contribution in [1.82, 2.24) is 0 Å². The molecular formula is C13H18. The topological polar surface area (TPSA) is 0 Å². The third-order valence-corrected chi connectivity index (χ3v) is 2.41. The van der Waals surface area contributed by atoms with Gasteiger partial charge in [0.15, 0.2) is 0 Å². The highest BCUT2D eigenvalue weighted by atomic mass is 14.1. The second kappa shape index (κ2) is 4.86. The first-order valence-corrected chi connectivity index (χ1v) is 4.92. The van der Waals surface area contributed by atoms with Gasteiger partial charge in [-0.1, -0.05) is 42.5 Å². The van der Waals surface area contributed by atoms with E-state index in [1.54, 1.807) is 0 Å². The SMILES string of the molecule is C=C/C=C(C)\C=C1\CCCCC1=C. The lowest BCUT2D eigenvalue weighted by molar-refractivity contribution is 0.680. The van der Waals surface area contributed by atoms with Crippen molar-refractivity contribution in [3.63, 3.8) is 0 Å². The molecule has 1 aliphatic rings. The summed E-state index contributed by atoms with van der Waals surface area (Å²) in [6.07, 6.45) is 11.1. The van der Waals surface area contributed by atoms with Crippen molar-refractivity contribution < 1.29 is 0 Å². The molecule has 0 spiro atoms. The highest BCUT2D eigenvalue weighted by Gasteiger charge is 2.08. The lowest BCUT2D eigenvalue weighted by Crippen LogP contribution is -1.97. The van der Waals surface area contributed by atoms with E-state index >= 15 is 0 Å². The van der Waals surface area contributed by atoms with Crippen LogP contribution in [0, 0.1) is 0 Å². The van der Waals surface area contributed by atoms with E-state index in [2.05, 4.69) is 26.2 Å². The van der Waals surface area contributed by atoms with Crippen LogP contribution in [0.25, 0.3) is 0 Å². The highest BCUT2D eigenvalue weighted by molar-refractivity contribution is 5.37. The van der Waals surface area contributed by atoms with Crippen LogP contribution in [-0.2, 0) is 0 Å². The first kappa shape index (κ1) is 10.0. The molecule has 0 aliphatic heterocycles. The molecule has 1 fully saturated rings. The van der Waals surface area contributed by atoms with Crippen LogP contribution >= 0.6 is 0 Å². The maximum absolute atomic E-state index is 4.09. The van der Waals surface area contributed by atoms with E-state index in [0.717, 1.165) is 0 Å². The lowest BCUT2D eigenvalue weighted by Gasteiger charge is -2.16. The molecule has 0 saturated heterocycles. The summed E-state index contributed by atoms with van der Waals surface area (Å²) in [6, 6.07) is 0. The highest BCUT2D eigenvalue weighted by Crippen LogP contribution is 2.27. The molecule has 0 N–H and O–H groups in total. The predicted molar refractivity (Wildman–Crippen MR) is 59.6 cm³/mol. The van der Waals surface area contributed by atoms with Crippen molar-refractivity contribution >= 4 is 0 Å². The zero-order valence-corrected chi connectivity index (χ0v) is 8.47. The van der Waals surface area contributed by atoms with Crippen molar-refractivity contribution in [3.05, 3.63) is 48.1 Å². The molecule has 13 heavy (non-hydrogen) atoms. The van der Waals surface area contributed by atoms with Crippen molar-refractivity contribution in [2.75, 3.05) is 0 Å². The minimum absolute atomic E-state index is 1.17. The molecule has 70 valence electrons. The zero-order chi connectivity index (χ0) is 9.68. The Labute approximate surface area is 81.4 Å². The molecule has 0 radical (unpaired) electrons. The van der Waals surface area contributed by atoms with Gasteiger partial charge in [0.05, 0.1) is 0 Å². The average Bonchev–Trinajstić information content (AvgIpc) is 2.09. The van der Waals surface area contributed by atoms with Crippen molar-refractivity contribution in [1.29, 1.82) is 0 Å². The molecule has 0 aromatic heterocycles. The lowest BCUT2D eigenvalue weighted by atomic mass is 9.89. The summed E-state index contributed by atoms with van der Waals surface area (Å²) < 4.78 is 0. The summed E-state index contributed by atoms with van der Waals surface area (Å²) in [6.45, 7) is 9.88. The third kappa shape index (κ3) is 3.06. The van der Waals surface area contributed by atoms with Crippen molar-refractivity contribution in [2.45, 2.75) is 32.6 Å². The Kier molecular flexibility index (Phi) is 3.75. The van der Waals surface area contributed by atoms with Crippen LogP contribution in [0.4, 0.5) is 0 Å². The number of hydrogen-bond donors (Lipinski definition) is 0. The van der Waals surface area contributed by atoms with E-state index in [1.807, 2.05) is 12.2 Å². The summed E-state index contributed by atoms with van der Waals surface area (Å²) in [5.74, 6) is 0. The Morgan fingerprint density at radius 3 is 2.62 bits per heavy atom. The van der Waals surface area contributed by atoms with Crippen LogP contribution in [0.3, 0.4) is 0 Å². The van der Waals surface area contributed by atoms with Gasteiger partial charge in [0.25, 0.3) is 0 Å². The van der Waals surface area contributed by atoms with E-state index in [0.29, 0.717) is 0 Å². The van der Waals surface area contributed by atoms with Gasteiger partial charge in [0, 0.05) is 0 Å². The molecule has 1 rings (SSSR count). The van der Waals surface area contributed by atoms with Crippen LogP contribution in [0.15, 0.2) is 48.1 Å². The fourth-order valence-electron chi connectivity index (χ4n) is 1.67. The maximum atomic E-state index is 4.09. The molecule has 0 aromatic rings. The standard InChI is InChI=1S/C13H18/c1-4-7-11(2)10-13-9-6-5-8-12(13)3/h4,7,10H,1,3,5-6,8-9H2,2H3/b11-7-,13-10-. The number of allylic oxidation sites excluding steroid dienone is 6. The van der Waals surface area contributed by atoms with Gasteiger partial charge >= 0.3 is 0 Å². The summed E-state index contributed by atoms with van der Waals surface area (Å²) >= 11 is 0. The van der Waals surface area contributed by atoms with Gasteiger partial charge in [-0.2, -0.15) is 0 Å². The minimum atomic E-state index is 1.17. The predicted octanol–water partition coefficient (Wildman–Crippen LogP) is 4.18. The Hall–Kier alpha value is -1.04. The second-order valence-corrected chi connectivity index (χ2v) is 3.63. The normalized spacial score (nSPS) is 22.1. The van der Waals surface area contributed by atoms with Gasteiger partial charge in [-0.25, -0.2) is 0 Å². The van der Waals surface area contributed by atoms with E-state index in [4.69, 9.17) is 0 Å².